The van der Waals surface area contributed by atoms with Crippen molar-refractivity contribution in [3.63, 3.8) is 0 Å². The van der Waals surface area contributed by atoms with Gasteiger partial charge in [-0.2, -0.15) is 0 Å². The lowest BCUT2D eigenvalue weighted by atomic mass is 9.81. The first-order chi connectivity index (χ1) is 14.1. The number of hydrogen-bond donors (Lipinski definition) is 4. The van der Waals surface area contributed by atoms with Gasteiger partial charge in [0.15, 0.2) is 0 Å². The largest absolute Gasteiger partial charge is 0.355 e. The van der Waals surface area contributed by atoms with Crippen molar-refractivity contribution in [2.75, 3.05) is 24.5 Å². The van der Waals surface area contributed by atoms with Gasteiger partial charge in [0.25, 0.3) is 0 Å². The van der Waals surface area contributed by atoms with E-state index in [9.17, 15) is 0 Å². The van der Waals surface area contributed by atoms with Crippen molar-refractivity contribution in [1.29, 1.82) is 0 Å². The van der Waals surface area contributed by atoms with E-state index in [2.05, 4.69) is 57.2 Å². The number of anilines is 1. The zero-order valence-electron chi connectivity index (χ0n) is 17.0. The third kappa shape index (κ3) is 3.88. The molecule has 0 bridgehead atoms. The fraction of sp³-hybridized carbons (Fsp3) is 0.545. The molecule has 7 heteroatoms. The first-order valence-corrected chi connectivity index (χ1v) is 10.7. The maximum atomic E-state index is 6.42. The summed E-state index contributed by atoms with van der Waals surface area (Å²) < 4.78 is 0. The smallest absolute Gasteiger partial charge is 0.128 e. The Hall–Kier alpha value is -2.06. The van der Waals surface area contributed by atoms with Crippen molar-refractivity contribution in [3.8, 4) is 0 Å². The Kier molecular flexibility index (Phi) is 4.99. The Labute approximate surface area is 172 Å². The van der Waals surface area contributed by atoms with E-state index in [0.29, 0.717) is 18.0 Å². The number of aromatic nitrogens is 2. The molecule has 0 aliphatic carbocycles. The highest BCUT2D eigenvalue weighted by Crippen LogP contribution is 2.38. The summed E-state index contributed by atoms with van der Waals surface area (Å²) in [6.07, 6.45) is 7.05. The predicted molar refractivity (Wildman–Crippen MR) is 114 cm³/mol. The van der Waals surface area contributed by atoms with E-state index in [1.807, 2.05) is 18.5 Å². The van der Waals surface area contributed by atoms with Gasteiger partial charge in [0.2, 0.25) is 0 Å². The van der Waals surface area contributed by atoms with Gasteiger partial charge in [-0.15, -0.1) is 0 Å². The maximum absolute atomic E-state index is 6.42. The Balaban J connectivity index is 1.35. The van der Waals surface area contributed by atoms with Gasteiger partial charge in [0, 0.05) is 55.6 Å². The summed E-state index contributed by atoms with van der Waals surface area (Å²) in [5, 5.41) is 3.67. The third-order valence-corrected chi connectivity index (χ3v) is 6.67. The Morgan fingerprint density at radius 3 is 2.97 bits per heavy atom. The third-order valence-electron chi connectivity index (χ3n) is 6.67. The Morgan fingerprint density at radius 1 is 1.21 bits per heavy atom. The summed E-state index contributed by atoms with van der Waals surface area (Å²) in [5.74, 6) is 1.52. The van der Waals surface area contributed by atoms with Crippen LogP contribution in [0.3, 0.4) is 0 Å². The van der Waals surface area contributed by atoms with Crippen molar-refractivity contribution in [2.45, 2.75) is 49.9 Å². The number of nitrogens with one attached hydrogen (secondary N) is 3. The van der Waals surface area contributed by atoms with E-state index in [1.54, 1.807) is 0 Å². The number of rotatable bonds is 3. The average molecular weight is 394 g/mol. The van der Waals surface area contributed by atoms with Crippen LogP contribution in [0.5, 0.6) is 0 Å². The topological polar surface area (TPSA) is 91.1 Å². The predicted octanol–water partition coefficient (Wildman–Crippen LogP) is 1.66. The first kappa shape index (κ1) is 18.9. The molecular formula is C22H31N7. The molecule has 3 aliphatic rings. The maximum Gasteiger partial charge on any atom is 0.128 e. The molecule has 2 aromatic heterocycles. The lowest BCUT2D eigenvalue weighted by Gasteiger charge is -2.39. The van der Waals surface area contributed by atoms with Crippen LogP contribution in [0.1, 0.15) is 49.5 Å². The molecule has 5 N–H and O–H groups in total. The zero-order chi connectivity index (χ0) is 19.8. The fourth-order valence-corrected chi connectivity index (χ4v) is 5.15. The number of hydrazine groups is 1. The normalized spacial score (nSPS) is 34.8. The Morgan fingerprint density at radius 2 is 2.14 bits per heavy atom. The molecule has 3 aliphatic heterocycles. The van der Waals surface area contributed by atoms with Crippen LogP contribution in [0.25, 0.3) is 0 Å². The van der Waals surface area contributed by atoms with Gasteiger partial charge in [-0.05, 0) is 49.9 Å². The van der Waals surface area contributed by atoms with Crippen molar-refractivity contribution >= 4 is 5.82 Å². The number of nitrogens with zero attached hydrogens (tertiary/aromatic N) is 3. The van der Waals surface area contributed by atoms with Crippen LogP contribution >= 0.6 is 0 Å². The van der Waals surface area contributed by atoms with Gasteiger partial charge in [-0.1, -0.05) is 12.1 Å². The quantitative estimate of drug-likeness (QED) is 0.630. The van der Waals surface area contributed by atoms with Gasteiger partial charge >= 0.3 is 0 Å². The monoisotopic (exact) mass is 393 g/mol. The molecular weight excluding hydrogens is 362 g/mol. The minimum Gasteiger partial charge on any atom is -0.355 e. The minimum atomic E-state index is -0.139. The lowest BCUT2D eigenvalue weighted by Crippen LogP contribution is -2.52. The second-order valence-corrected chi connectivity index (χ2v) is 9.12. The van der Waals surface area contributed by atoms with Crippen molar-refractivity contribution in [1.82, 2.24) is 26.1 Å². The molecule has 0 spiro atoms. The van der Waals surface area contributed by atoms with Crippen molar-refractivity contribution < 1.29 is 0 Å². The van der Waals surface area contributed by atoms with Crippen molar-refractivity contribution in [2.24, 2.45) is 11.7 Å². The Bertz CT molecular complexity index is 840. The summed E-state index contributed by atoms with van der Waals surface area (Å²) in [6, 6.07) is 11.5. The number of pyridine rings is 2. The van der Waals surface area contributed by atoms with E-state index in [1.165, 1.54) is 5.56 Å². The summed E-state index contributed by atoms with van der Waals surface area (Å²) in [5.41, 5.74) is 15.7. The highest BCUT2D eigenvalue weighted by molar-refractivity contribution is 5.41. The molecule has 7 nitrogen and oxygen atoms in total. The first-order valence-electron chi connectivity index (χ1n) is 10.7. The lowest BCUT2D eigenvalue weighted by molar-refractivity contribution is 0.265. The van der Waals surface area contributed by atoms with Crippen molar-refractivity contribution in [3.05, 3.63) is 54.0 Å². The van der Waals surface area contributed by atoms with Gasteiger partial charge in [0.05, 0.1) is 11.7 Å². The van der Waals surface area contributed by atoms with E-state index in [-0.39, 0.29) is 11.6 Å². The van der Waals surface area contributed by atoms with Crippen LogP contribution < -0.4 is 26.8 Å². The molecule has 3 saturated heterocycles. The number of piperidine rings is 2. The minimum absolute atomic E-state index is 0.139. The molecule has 2 aromatic rings. The molecule has 0 radical (unpaired) electrons. The molecule has 5 atom stereocenters. The molecule has 29 heavy (non-hydrogen) atoms. The molecule has 0 saturated carbocycles. The van der Waals surface area contributed by atoms with Crippen LogP contribution in [-0.2, 0) is 0 Å². The highest BCUT2D eigenvalue weighted by atomic mass is 15.4. The summed E-state index contributed by atoms with van der Waals surface area (Å²) in [7, 11) is 0. The van der Waals surface area contributed by atoms with Crippen LogP contribution in [0.4, 0.5) is 5.82 Å². The van der Waals surface area contributed by atoms with E-state index in [4.69, 9.17) is 10.7 Å². The second-order valence-electron chi connectivity index (χ2n) is 9.12. The average Bonchev–Trinajstić information content (AvgIpc) is 3.17. The number of fused-ring (bicyclic) bond motifs is 1. The van der Waals surface area contributed by atoms with Crippen LogP contribution in [0.2, 0.25) is 0 Å². The molecule has 0 amide bonds. The van der Waals surface area contributed by atoms with Crippen LogP contribution in [0.15, 0.2) is 42.7 Å². The highest BCUT2D eigenvalue weighted by Gasteiger charge is 2.42. The molecule has 154 valence electrons. The van der Waals surface area contributed by atoms with Gasteiger partial charge in [-0.3, -0.25) is 10.4 Å². The van der Waals surface area contributed by atoms with Crippen LogP contribution in [-0.4, -0.2) is 41.2 Å². The number of nitrogens with two attached hydrogens (primary N) is 1. The molecule has 0 aromatic carbocycles. The fourth-order valence-electron chi connectivity index (χ4n) is 5.15. The molecule has 5 rings (SSSR count). The van der Waals surface area contributed by atoms with E-state index >= 15 is 0 Å². The summed E-state index contributed by atoms with van der Waals surface area (Å²) in [4.78, 5) is 11.7. The van der Waals surface area contributed by atoms with E-state index in [0.717, 1.165) is 50.4 Å². The van der Waals surface area contributed by atoms with E-state index < -0.39 is 0 Å². The van der Waals surface area contributed by atoms with Gasteiger partial charge < -0.3 is 16.0 Å². The zero-order valence-corrected chi connectivity index (χ0v) is 17.0. The summed E-state index contributed by atoms with van der Waals surface area (Å²) >= 11 is 0. The molecule has 5 heterocycles. The number of hydrogen-bond acceptors (Lipinski definition) is 7. The molecule has 4 unspecified atom stereocenters. The molecule has 3 fully saturated rings. The second kappa shape index (κ2) is 7.65. The SMILES string of the molecule is C[C@]1(N)CCCN(c2cccc(C3NNC4CNC(c5cccnc5)CC43)n2)C1. The van der Waals surface area contributed by atoms with Gasteiger partial charge in [-0.25, -0.2) is 10.4 Å². The summed E-state index contributed by atoms with van der Waals surface area (Å²) in [6.45, 7) is 4.96. The standard InChI is InChI=1S/C22H31N7/c1-22(23)8-4-10-29(14-22)20-7-2-6-17(26-20)21-16-11-18(15-5-3-9-24-12-15)25-13-19(16)27-28-21/h2-3,5-7,9,12,16,18-19,21,25,27-28H,4,8,10-11,13-14,23H2,1H3/t16?,18?,19?,21?,22-/m0/s1. The van der Waals surface area contributed by atoms with Crippen LogP contribution in [0, 0.1) is 5.92 Å². The van der Waals surface area contributed by atoms with Gasteiger partial charge in [0.1, 0.15) is 5.82 Å².